The highest BCUT2D eigenvalue weighted by Gasteiger charge is 2.38. The molecule has 1 aliphatic rings. The van der Waals surface area contributed by atoms with Gasteiger partial charge in [-0.1, -0.05) is 16.6 Å². The number of hydrogen-bond acceptors (Lipinski definition) is 4. The largest absolute Gasteiger partial charge is 0.486 e. The number of carbonyl (C=O) groups excluding carboxylic acids is 2. The van der Waals surface area contributed by atoms with E-state index in [1.54, 1.807) is 45.9 Å². The first-order chi connectivity index (χ1) is 10.2. The molecule has 0 bridgehead atoms. The Bertz CT molecular complexity index is 585. The lowest BCUT2D eigenvalue weighted by molar-refractivity contribution is -0.124. The van der Waals surface area contributed by atoms with Crippen LogP contribution >= 0.6 is 0 Å². The van der Waals surface area contributed by atoms with Crippen LogP contribution in [-0.2, 0) is 9.53 Å². The van der Waals surface area contributed by atoms with Crippen molar-refractivity contribution in [3.05, 3.63) is 24.3 Å². The van der Waals surface area contributed by atoms with Crippen LogP contribution in [0.5, 0.6) is 5.75 Å². The van der Waals surface area contributed by atoms with Gasteiger partial charge in [-0.25, -0.2) is 4.79 Å². The molecule has 7 heteroatoms. The fourth-order valence-corrected chi connectivity index (χ4v) is 2.04. The number of ether oxygens (including phenoxy) is 2. The van der Waals surface area contributed by atoms with Gasteiger partial charge in [-0.05, 0) is 39.8 Å². The van der Waals surface area contributed by atoms with E-state index in [0.717, 1.165) is 0 Å². The van der Waals surface area contributed by atoms with Gasteiger partial charge < -0.3 is 14.8 Å². The number of anilines is 1. The van der Waals surface area contributed by atoms with Crippen molar-refractivity contribution in [3.8, 4) is 5.75 Å². The Morgan fingerprint density at radius 3 is 2.64 bits per heavy atom. The van der Waals surface area contributed by atoms with Crippen LogP contribution in [0.2, 0.25) is 0 Å². The zero-order chi connectivity index (χ0) is 16.5. The molecule has 0 saturated heterocycles. The Labute approximate surface area is 128 Å². The van der Waals surface area contributed by atoms with Crippen LogP contribution in [0.4, 0.5) is 15.0 Å². The Morgan fingerprint density at radius 1 is 1.36 bits per heavy atom. The zero-order valence-corrected chi connectivity index (χ0v) is 12.9. The van der Waals surface area contributed by atoms with Gasteiger partial charge in [-0.2, -0.15) is 0 Å². The number of nitrogens with zero attached hydrogens (tertiary/aromatic N) is 1. The molecule has 6 nitrogen and oxygen atoms in total. The van der Waals surface area contributed by atoms with E-state index in [2.05, 4.69) is 5.32 Å². The number of hydrogen-bond donors (Lipinski definition) is 1. The Morgan fingerprint density at radius 2 is 2.00 bits per heavy atom. The van der Waals surface area contributed by atoms with Crippen molar-refractivity contribution < 1.29 is 23.5 Å². The van der Waals surface area contributed by atoms with Crippen LogP contribution in [0.15, 0.2) is 24.3 Å². The molecule has 0 unspecified atom stereocenters. The summed E-state index contributed by atoms with van der Waals surface area (Å²) in [5.41, 5.74) is -0.715. The molecule has 120 valence electrons. The maximum atomic E-state index is 14.3. The van der Waals surface area contributed by atoms with Crippen molar-refractivity contribution in [2.45, 2.75) is 45.4 Å². The summed E-state index contributed by atoms with van der Waals surface area (Å²) in [4.78, 5) is 24.0. The maximum absolute atomic E-state index is 14.3. The molecular weight excluding hydrogens is 291 g/mol. The zero-order valence-electron chi connectivity index (χ0n) is 12.9. The van der Waals surface area contributed by atoms with E-state index < -0.39 is 29.7 Å². The Kier molecular flexibility index (Phi) is 4.25. The summed E-state index contributed by atoms with van der Waals surface area (Å²) in [6.07, 6.45) is -1.55. The molecule has 1 N–H and O–H groups in total. The second kappa shape index (κ2) is 5.82. The molecule has 0 aliphatic carbocycles. The summed E-state index contributed by atoms with van der Waals surface area (Å²) in [7, 11) is 0. The van der Waals surface area contributed by atoms with Gasteiger partial charge >= 0.3 is 6.09 Å². The Balaban J connectivity index is 2.20. The molecule has 1 aromatic rings. The van der Waals surface area contributed by atoms with Crippen LogP contribution < -0.4 is 15.2 Å². The molecule has 22 heavy (non-hydrogen) atoms. The van der Waals surface area contributed by atoms with E-state index in [1.165, 1.54) is 6.07 Å². The van der Waals surface area contributed by atoms with Gasteiger partial charge in [0.05, 0.1) is 0 Å². The van der Waals surface area contributed by atoms with E-state index in [9.17, 15) is 14.1 Å². The minimum Gasteiger partial charge on any atom is -0.486 e. The predicted octanol–water partition coefficient (Wildman–Crippen LogP) is 2.58. The van der Waals surface area contributed by atoms with E-state index in [4.69, 9.17) is 9.47 Å². The van der Waals surface area contributed by atoms with Crippen molar-refractivity contribution in [2.75, 3.05) is 5.12 Å². The fraction of sp³-hybridized carbons (Fsp3) is 0.467. The van der Waals surface area contributed by atoms with Gasteiger partial charge in [0.1, 0.15) is 23.1 Å². The molecule has 2 atom stereocenters. The smallest absolute Gasteiger partial charge is 0.408 e. The number of benzene rings is 1. The Hall–Kier alpha value is -2.31. The number of fused-ring (bicyclic) bond motifs is 1. The first-order valence-corrected chi connectivity index (χ1v) is 6.94. The van der Waals surface area contributed by atoms with E-state index in [0.29, 0.717) is 0 Å². The van der Waals surface area contributed by atoms with Crippen molar-refractivity contribution in [3.63, 3.8) is 0 Å². The van der Waals surface area contributed by atoms with Gasteiger partial charge in [0.15, 0.2) is 6.04 Å². The summed E-state index contributed by atoms with van der Waals surface area (Å²) in [6.45, 7) is 6.66. The highest BCUT2D eigenvalue weighted by Crippen LogP contribution is 2.33. The predicted molar refractivity (Wildman–Crippen MR) is 78.3 cm³/mol. The second-order valence-corrected chi connectivity index (χ2v) is 6.03. The molecule has 0 saturated carbocycles. The number of para-hydroxylation sites is 2. The van der Waals surface area contributed by atoms with Crippen LogP contribution in [-0.4, -0.2) is 29.7 Å². The van der Waals surface area contributed by atoms with Gasteiger partial charge in [-0.15, -0.1) is 5.12 Å². The maximum Gasteiger partial charge on any atom is 0.408 e. The molecule has 1 aromatic carbocycles. The molecule has 0 spiro atoms. The van der Waals surface area contributed by atoms with Crippen LogP contribution in [0.3, 0.4) is 0 Å². The van der Waals surface area contributed by atoms with Crippen LogP contribution in [0.25, 0.3) is 0 Å². The molecule has 0 fully saturated rings. The monoisotopic (exact) mass is 310 g/mol. The van der Waals surface area contributed by atoms with Gasteiger partial charge in [0, 0.05) is 0 Å². The number of amides is 2. The molecule has 2 amide bonds. The summed E-state index contributed by atoms with van der Waals surface area (Å²) in [5, 5.41) is 2.35. The van der Waals surface area contributed by atoms with Crippen LogP contribution in [0, 0.1) is 0 Å². The van der Waals surface area contributed by atoms with Crippen molar-refractivity contribution >= 4 is 17.7 Å². The lowest BCUT2D eigenvalue weighted by Gasteiger charge is -2.25. The minimum absolute atomic E-state index is 0.00726. The van der Waals surface area contributed by atoms with Crippen molar-refractivity contribution in [1.29, 1.82) is 0 Å². The average molecular weight is 310 g/mol. The number of rotatable bonds is 1. The highest BCUT2D eigenvalue weighted by molar-refractivity contribution is 5.99. The quantitative estimate of drug-likeness (QED) is 0.810. The molecule has 0 radical (unpaired) electrons. The summed E-state index contributed by atoms with van der Waals surface area (Å²) < 4.78 is 24.9. The topological polar surface area (TPSA) is 67.9 Å². The fourth-order valence-electron chi connectivity index (χ4n) is 2.04. The normalized spacial score (nSPS) is 21.5. The third-order valence-corrected chi connectivity index (χ3v) is 2.99. The molecule has 1 aliphatic heterocycles. The number of halogens is 1. The lowest BCUT2D eigenvalue weighted by atomic mass is 10.1. The first kappa shape index (κ1) is 16.1. The van der Waals surface area contributed by atoms with E-state index in [1.807, 2.05) is 0 Å². The molecule has 1 heterocycles. The van der Waals surface area contributed by atoms with Gasteiger partial charge in [0.2, 0.25) is 0 Å². The van der Waals surface area contributed by atoms with Crippen molar-refractivity contribution in [1.82, 2.24) is 5.32 Å². The van der Waals surface area contributed by atoms with Crippen LogP contribution in [0.1, 0.15) is 27.7 Å². The number of nitrogens with one attached hydrogen (secondary N) is 1. The van der Waals surface area contributed by atoms with Gasteiger partial charge in [-0.3, -0.25) is 4.79 Å². The van der Waals surface area contributed by atoms with E-state index >= 15 is 0 Å². The summed E-state index contributed by atoms with van der Waals surface area (Å²) in [5.74, 6) is -0.678. The lowest BCUT2D eigenvalue weighted by Crippen LogP contribution is -2.53. The third kappa shape index (κ3) is 3.47. The highest BCUT2D eigenvalue weighted by atomic mass is 19.2. The first-order valence-electron chi connectivity index (χ1n) is 6.94. The molecular formula is C15H19FN2O4. The standard InChI is InChI=1S/C15H19FN2O4/c1-9-12(17-14(20)22-15(2,3)4)13(19)18(16)10-7-5-6-8-11(10)21-9/h5-9,12H,1-4H3,(H,17,20)/t9-,12+/m1/s1. The number of alkyl carbamates (subject to hydrolysis) is 1. The molecule has 2 rings (SSSR count). The van der Waals surface area contributed by atoms with Gasteiger partial charge in [0.25, 0.3) is 5.91 Å². The second-order valence-electron chi connectivity index (χ2n) is 6.03. The summed E-state index contributed by atoms with van der Waals surface area (Å²) in [6, 6.07) is 5.06. The molecule has 0 aromatic heterocycles. The summed E-state index contributed by atoms with van der Waals surface area (Å²) >= 11 is 0. The SMILES string of the molecule is C[C@H]1Oc2ccccc2N(F)C(=O)[C@H]1NC(=O)OC(C)(C)C. The minimum atomic E-state index is -1.19. The third-order valence-electron chi connectivity index (χ3n) is 2.99. The number of carbonyl (C=O) groups is 2. The average Bonchev–Trinajstić information content (AvgIpc) is 2.49. The van der Waals surface area contributed by atoms with E-state index in [-0.39, 0.29) is 16.6 Å². The van der Waals surface area contributed by atoms with Crippen molar-refractivity contribution in [2.24, 2.45) is 0 Å².